The Labute approximate surface area is 138 Å². The maximum absolute atomic E-state index is 12.0. The van der Waals surface area contributed by atoms with Crippen LogP contribution in [0.4, 0.5) is 4.79 Å². The average Bonchev–Trinajstić information content (AvgIpc) is 2.61. The molecule has 4 heteroatoms. The van der Waals surface area contributed by atoms with E-state index in [0.717, 1.165) is 5.56 Å². The van der Waals surface area contributed by atoms with Gasteiger partial charge in [0.1, 0.15) is 6.61 Å². The van der Waals surface area contributed by atoms with Gasteiger partial charge >= 0.3 is 6.09 Å². The molecule has 0 unspecified atom stereocenters. The van der Waals surface area contributed by atoms with Crippen LogP contribution in [0.15, 0.2) is 24.3 Å². The van der Waals surface area contributed by atoms with Crippen LogP contribution >= 0.6 is 0 Å². The summed E-state index contributed by atoms with van der Waals surface area (Å²) in [5.74, 6) is 0.708. The first-order valence-electron chi connectivity index (χ1n) is 8.91. The summed E-state index contributed by atoms with van der Waals surface area (Å²) in [4.78, 5) is 13.7. The molecule has 0 aromatic heterocycles. The van der Waals surface area contributed by atoms with E-state index in [1.165, 1.54) is 37.7 Å². The van der Waals surface area contributed by atoms with Gasteiger partial charge in [0.2, 0.25) is 0 Å². The molecular formula is C19H27NO3. The van der Waals surface area contributed by atoms with Crippen LogP contribution in [0.1, 0.15) is 62.0 Å². The van der Waals surface area contributed by atoms with Crippen LogP contribution in [-0.2, 0) is 11.3 Å². The van der Waals surface area contributed by atoms with Crippen molar-refractivity contribution in [3.05, 3.63) is 35.4 Å². The molecule has 0 bridgehead atoms. The maximum atomic E-state index is 12.0. The molecule has 1 saturated heterocycles. The summed E-state index contributed by atoms with van der Waals surface area (Å²) < 4.78 is 5.39. The normalized spacial score (nSPS) is 20.5. The molecule has 1 aliphatic carbocycles. The fraction of sp³-hybridized carbons (Fsp3) is 0.632. The van der Waals surface area contributed by atoms with Gasteiger partial charge in [-0.3, -0.25) is 0 Å². The predicted molar refractivity (Wildman–Crippen MR) is 89.3 cm³/mol. The predicted octanol–water partition coefficient (Wildman–Crippen LogP) is 3.83. The Balaban J connectivity index is 1.47. The lowest BCUT2D eigenvalue weighted by atomic mass is 9.84. The fourth-order valence-electron chi connectivity index (χ4n) is 3.61. The van der Waals surface area contributed by atoms with Gasteiger partial charge in [0.05, 0.1) is 6.10 Å². The maximum Gasteiger partial charge on any atom is 0.410 e. The first-order valence-corrected chi connectivity index (χ1v) is 8.91. The highest BCUT2D eigenvalue weighted by Crippen LogP contribution is 2.32. The molecule has 1 aliphatic heterocycles. The van der Waals surface area contributed by atoms with Crippen LogP contribution in [0, 0.1) is 0 Å². The third-order valence-electron chi connectivity index (χ3n) is 5.14. The van der Waals surface area contributed by atoms with Crippen LogP contribution in [-0.4, -0.2) is 35.3 Å². The van der Waals surface area contributed by atoms with E-state index < -0.39 is 0 Å². The van der Waals surface area contributed by atoms with E-state index in [4.69, 9.17) is 4.74 Å². The van der Waals surface area contributed by atoms with Crippen molar-refractivity contribution in [2.45, 2.75) is 63.6 Å². The highest BCUT2D eigenvalue weighted by molar-refractivity contribution is 5.67. The molecule has 2 aliphatic rings. The standard InChI is InChI=1S/C19H27NO3/c21-18-10-12-20(13-11-18)19(22)23-14-15-6-8-17(9-7-15)16-4-2-1-3-5-16/h6-9,16,18,21H,1-5,10-14H2. The fourth-order valence-corrected chi connectivity index (χ4v) is 3.61. The zero-order valence-electron chi connectivity index (χ0n) is 13.7. The Bertz CT molecular complexity index is 500. The number of ether oxygens (including phenoxy) is 1. The lowest BCUT2D eigenvalue weighted by molar-refractivity contribution is 0.0560. The van der Waals surface area contributed by atoms with Gasteiger partial charge in [0.15, 0.2) is 0 Å². The highest BCUT2D eigenvalue weighted by atomic mass is 16.6. The van der Waals surface area contributed by atoms with Crippen LogP contribution in [0.25, 0.3) is 0 Å². The molecule has 1 saturated carbocycles. The molecule has 3 rings (SSSR count). The van der Waals surface area contributed by atoms with Gasteiger partial charge in [0.25, 0.3) is 0 Å². The number of aliphatic hydroxyl groups excluding tert-OH is 1. The molecular weight excluding hydrogens is 290 g/mol. The molecule has 23 heavy (non-hydrogen) atoms. The van der Waals surface area contributed by atoms with Gasteiger partial charge in [-0.05, 0) is 42.7 Å². The van der Waals surface area contributed by atoms with E-state index >= 15 is 0 Å². The van der Waals surface area contributed by atoms with Crippen LogP contribution < -0.4 is 0 Å². The Kier molecular flexibility index (Phi) is 5.55. The number of likely N-dealkylation sites (tertiary alicyclic amines) is 1. The average molecular weight is 317 g/mol. The first kappa shape index (κ1) is 16.3. The molecule has 2 fully saturated rings. The van der Waals surface area contributed by atoms with Crippen LogP contribution in [0.3, 0.4) is 0 Å². The lowest BCUT2D eigenvalue weighted by Gasteiger charge is -2.28. The number of hydrogen-bond acceptors (Lipinski definition) is 3. The van der Waals surface area contributed by atoms with Crippen molar-refractivity contribution >= 4 is 6.09 Å². The van der Waals surface area contributed by atoms with Gasteiger partial charge < -0.3 is 14.7 Å². The van der Waals surface area contributed by atoms with Crippen LogP contribution in [0.2, 0.25) is 0 Å². The minimum Gasteiger partial charge on any atom is -0.445 e. The Hall–Kier alpha value is -1.55. The molecule has 1 heterocycles. The van der Waals surface area contributed by atoms with Gasteiger partial charge in [-0.1, -0.05) is 43.5 Å². The molecule has 1 N–H and O–H groups in total. The molecule has 1 amide bonds. The first-order chi connectivity index (χ1) is 11.2. The number of benzene rings is 1. The van der Waals surface area contributed by atoms with Crippen LogP contribution in [0.5, 0.6) is 0 Å². The number of aliphatic hydroxyl groups is 1. The molecule has 1 aromatic carbocycles. The molecule has 4 nitrogen and oxygen atoms in total. The van der Waals surface area contributed by atoms with E-state index in [9.17, 15) is 9.90 Å². The number of hydrogen-bond donors (Lipinski definition) is 1. The topological polar surface area (TPSA) is 49.8 Å². The van der Waals surface area contributed by atoms with Crippen molar-refractivity contribution in [3.8, 4) is 0 Å². The molecule has 1 aromatic rings. The van der Waals surface area contributed by atoms with Crippen molar-refractivity contribution < 1.29 is 14.6 Å². The number of piperidine rings is 1. The van der Waals surface area contributed by atoms with E-state index in [-0.39, 0.29) is 12.2 Å². The van der Waals surface area contributed by atoms with Gasteiger partial charge in [-0.2, -0.15) is 0 Å². The number of rotatable bonds is 3. The summed E-state index contributed by atoms with van der Waals surface area (Å²) in [7, 11) is 0. The van der Waals surface area contributed by atoms with Crippen molar-refractivity contribution in [3.63, 3.8) is 0 Å². The molecule has 0 atom stereocenters. The van der Waals surface area contributed by atoms with Crippen molar-refractivity contribution in [1.82, 2.24) is 4.90 Å². The smallest absolute Gasteiger partial charge is 0.410 e. The molecule has 126 valence electrons. The van der Waals surface area contributed by atoms with Crippen molar-refractivity contribution in [1.29, 1.82) is 0 Å². The summed E-state index contributed by atoms with van der Waals surface area (Å²) in [6, 6.07) is 8.54. The molecule has 0 radical (unpaired) electrons. The lowest BCUT2D eigenvalue weighted by Crippen LogP contribution is -2.40. The van der Waals surface area contributed by atoms with E-state index in [1.807, 2.05) is 0 Å². The summed E-state index contributed by atoms with van der Waals surface area (Å²) in [5, 5.41) is 9.47. The minimum atomic E-state index is -0.272. The number of carbonyl (C=O) groups is 1. The SMILES string of the molecule is O=C(OCc1ccc(C2CCCCC2)cc1)N1CCC(O)CC1. The largest absolute Gasteiger partial charge is 0.445 e. The summed E-state index contributed by atoms with van der Waals surface area (Å²) in [6.45, 7) is 1.49. The highest BCUT2D eigenvalue weighted by Gasteiger charge is 2.22. The second-order valence-corrected chi connectivity index (χ2v) is 6.85. The number of carbonyl (C=O) groups excluding carboxylic acids is 1. The minimum absolute atomic E-state index is 0.270. The van der Waals surface area contributed by atoms with Crippen molar-refractivity contribution in [2.24, 2.45) is 0 Å². The van der Waals surface area contributed by atoms with E-state index in [1.54, 1.807) is 4.90 Å². The number of amides is 1. The Morgan fingerprint density at radius 2 is 1.70 bits per heavy atom. The third kappa shape index (κ3) is 4.47. The van der Waals surface area contributed by atoms with Gasteiger partial charge in [-0.25, -0.2) is 4.79 Å². The second kappa shape index (κ2) is 7.82. The van der Waals surface area contributed by atoms with E-state index in [2.05, 4.69) is 24.3 Å². The monoisotopic (exact) mass is 317 g/mol. The zero-order chi connectivity index (χ0) is 16.1. The Morgan fingerprint density at radius 3 is 2.35 bits per heavy atom. The zero-order valence-corrected chi connectivity index (χ0v) is 13.7. The quantitative estimate of drug-likeness (QED) is 0.922. The van der Waals surface area contributed by atoms with Crippen molar-refractivity contribution in [2.75, 3.05) is 13.1 Å². The van der Waals surface area contributed by atoms with Gasteiger partial charge in [0, 0.05) is 13.1 Å². The van der Waals surface area contributed by atoms with E-state index in [0.29, 0.717) is 38.5 Å². The summed E-state index contributed by atoms with van der Waals surface area (Å²) in [5.41, 5.74) is 2.46. The molecule has 0 spiro atoms. The third-order valence-corrected chi connectivity index (χ3v) is 5.14. The summed E-state index contributed by atoms with van der Waals surface area (Å²) >= 11 is 0. The summed E-state index contributed by atoms with van der Waals surface area (Å²) in [6.07, 6.45) is 7.40. The number of nitrogens with zero attached hydrogens (tertiary/aromatic N) is 1. The Morgan fingerprint density at radius 1 is 1.04 bits per heavy atom. The van der Waals surface area contributed by atoms with Gasteiger partial charge in [-0.15, -0.1) is 0 Å². The second-order valence-electron chi connectivity index (χ2n) is 6.85.